The van der Waals surface area contributed by atoms with Crippen molar-refractivity contribution in [2.75, 3.05) is 13.2 Å². The lowest BCUT2D eigenvalue weighted by Gasteiger charge is -2.45. The van der Waals surface area contributed by atoms with Crippen LogP contribution in [0.2, 0.25) is 0 Å². The molecular weight excluding hydrogens is 248 g/mol. The van der Waals surface area contributed by atoms with E-state index < -0.39 is 0 Å². The van der Waals surface area contributed by atoms with E-state index in [9.17, 15) is 0 Å². The summed E-state index contributed by atoms with van der Waals surface area (Å²) >= 11 is 0. The third-order valence-corrected chi connectivity index (χ3v) is 4.73. The van der Waals surface area contributed by atoms with Gasteiger partial charge in [0.2, 0.25) is 0 Å². The van der Waals surface area contributed by atoms with Gasteiger partial charge in [-0.1, -0.05) is 31.9 Å². The Labute approximate surface area is 120 Å². The maximum atomic E-state index is 8.84. The van der Waals surface area contributed by atoms with Crippen molar-refractivity contribution in [3.05, 3.63) is 35.4 Å². The number of ether oxygens (including phenoxy) is 1. The number of nitrogens with zero attached hydrogens (tertiary/aromatic N) is 1. The molecule has 106 valence electrons. The van der Waals surface area contributed by atoms with Gasteiger partial charge in [-0.25, -0.2) is 0 Å². The second-order valence-electron chi connectivity index (χ2n) is 6.40. The van der Waals surface area contributed by atoms with E-state index in [0.717, 1.165) is 24.6 Å². The van der Waals surface area contributed by atoms with Crippen LogP contribution in [0.15, 0.2) is 24.3 Å². The van der Waals surface area contributed by atoms with E-state index in [0.29, 0.717) is 5.56 Å². The lowest BCUT2D eigenvalue weighted by molar-refractivity contribution is -0.0527. The first kappa shape index (κ1) is 13.6. The third kappa shape index (κ3) is 2.72. The molecule has 1 N–H and O–H groups in total. The van der Waals surface area contributed by atoms with Crippen LogP contribution in [-0.2, 0) is 4.74 Å². The predicted octanol–water partition coefficient (Wildman–Crippen LogP) is 3.17. The highest BCUT2D eigenvalue weighted by atomic mass is 16.5. The summed E-state index contributed by atoms with van der Waals surface area (Å²) in [5, 5.41) is 12.6. The highest BCUT2D eigenvalue weighted by Crippen LogP contribution is 2.36. The van der Waals surface area contributed by atoms with Crippen molar-refractivity contribution in [3.63, 3.8) is 0 Å². The lowest BCUT2D eigenvalue weighted by atomic mass is 9.76. The van der Waals surface area contributed by atoms with Crippen LogP contribution in [0.1, 0.15) is 49.8 Å². The number of morpholine rings is 1. The van der Waals surface area contributed by atoms with Gasteiger partial charge in [-0.15, -0.1) is 0 Å². The summed E-state index contributed by atoms with van der Waals surface area (Å²) in [6.45, 7) is 4.02. The van der Waals surface area contributed by atoms with E-state index in [-0.39, 0.29) is 11.6 Å². The Bertz CT molecular complexity index is 495. The zero-order valence-corrected chi connectivity index (χ0v) is 12.1. The van der Waals surface area contributed by atoms with Crippen molar-refractivity contribution in [3.8, 4) is 6.07 Å². The molecule has 3 atom stereocenters. The van der Waals surface area contributed by atoms with Crippen molar-refractivity contribution in [2.45, 2.75) is 44.2 Å². The summed E-state index contributed by atoms with van der Waals surface area (Å²) in [5.41, 5.74) is 2.08. The van der Waals surface area contributed by atoms with E-state index in [4.69, 9.17) is 10.00 Å². The average Bonchev–Trinajstić information content (AvgIpc) is 2.48. The van der Waals surface area contributed by atoms with E-state index in [1.54, 1.807) is 0 Å². The van der Waals surface area contributed by atoms with Gasteiger partial charge in [0.25, 0.3) is 0 Å². The van der Waals surface area contributed by atoms with Gasteiger partial charge in [0, 0.05) is 12.1 Å². The average molecular weight is 270 g/mol. The summed E-state index contributed by atoms with van der Waals surface area (Å²) in [7, 11) is 0. The van der Waals surface area contributed by atoms with Gasteiger partial charge in [-0.3, -0.25) is 0 Å². The Kier molecular flexibility index (Phi) is 3.78. The first-order valence-corrected chi connectivity index (χ1v) is 7.57. The molecule has 1 saturated carbocycles. The molecule has 3 rings (SSSR count). The maximum Gasteiger partial charge on any atom is 0.0991 e. The summed E-state index contributed by atoms with van der Waals surface area (Å²) < 4.78 is 6.13. The molecule has 1 aliphatic heterocycles. The van der Waals surface area contributed by atoms with Crippen LogP contribution < -0.4 is 5.32 Å². The monoisotopic (exact) mass is 270 g/mol. The fourth-order valence-corrected chi connectivity index (χ4v) is 3.62. The minimum atomic E-state index is 0.116. The molecule has 1 aromatic carbocycles. The normalized spacial score (nSPS) is 33.8. The Balaban J connectivity index is 1.64. The molecule has 3 heteroatoms. The smallest absolute Gasteiger partial charge is 0.0991 e. The summed E-state index contributed by atoms with van der Waals surface area (Å²) in [6.07, 6.45) is 5.23. The number of rotatable bonds is 1. The molecule has 0 radical (unpaired) electrons. The van der Waals surface area contributed by atoms with Crippen LogP contribution in [0.3, 0.4) is 0 Å². The Morgan fingerprint density at radius 3 is 2.75 bits per heavy atom. The molecule has 1 spiro atoms. The van der Waals surface area contributed by atoms with Crippen molar-refractivity contribution in [1.29, 1.82) is 5.26 Å². The van der Waals surface area contributed by atoms with Crippen LogP contribution in [0.4, 0.5) is 0 Å². The van der Waals surface area contributed by atoms with E-state index >= 15 is 0 Å². The second kappa shape index (κ2) is 5.55. The third-order valence-electron chi connectivity index (χ3n) is 4.73. The fourth-order valence-electron chi connectivity index (χ4n) is 3.62. The molecule has 2 fully saturated rings. The van der Waals surface area contributed by atoms with Gasteiger partial charge < -0.3 is 10.1 Å². The first-order chi connectivity index (χ1) is 9.71. The van der Waals surface area contributed by atoms with Crippen LogP contribution in [-0.4, -0.2) is 18.7 Å². The van der Waals surface area contributed by atoms with E-state index in [1.165, 1.54) is 25.7 Å². The van der Waals surface area contributed by atoms with Gasteiger partial charge in [0.15, 0.2) is 0 Å². The Hall–Kier alpha value is -1.37. The van der Waals surface area contributed by atoms with Gasteiger partial charge in [-0.05, 0) is 36.5 Å². The quantitative estimate of drug-likeness (QED) is 0.852. The highest BCUT2D eigenvalue weighted by Gasteiger charge is 2.39. The second-order valence-corrected chi connectivity index (χ2v) is 6.40. The number of hydrogen-bond donors (Lipinski definition) is 1. The largest absolute Gasteiger partial charge is 0.370 e. The van der Waals surface area contributed by atoms with Gasteiger partial charge in [-0.2, -0.15) is 5.26 Å². The molecule has 0 amide bonds. The zero-order chi connectivity index (χ0) is 14.0. The van der Waals surface area contributed by atoms with E-state index in [1.807, 2.05) is 24.3 Å². The molecule has 1 heterocycles. The fraction of sp³-hybridized carbons (Fsp3) is 0.588. The molecule has 3 unspecified atom stereocenters. The maximum absolute atomic E-state index is 8.84. The molecule has 20 heavy (non-hydrogen) atoms. The topological polar surface area (TPSA) is 45.0 Å². The SMILES string of the molecule is CC1CCCC2(COC(c3ccc(C#N)cc3)CN2)C1. The lowest BCUT2D eigenvalue weighted by Crippen LogP contribution is -2.56. The summed E-state index contributed by atoms with van der Waals surface area (Å²) in [4.78, 5) is 0. The molecule has 1 aliphatic carbocycles. The van der Waals surface area contributed by atoms with Crippen molar-refractivity contribution < 1.29 is 4.74 Å². The van der Waals surface area contributed by atoms with Crippen LogP contribution in [0, 0.1) is 17.2 Å². The minimum Gasteiger partial charge on any atom is -0.370 e. The number of nitrogens with one attached hydrogen (secondary N) is 1. The molecule has 2 aliphatic rings. The number of hydrogen-bond acceptors (Lipinski definition) is 3. The molecule has 1 saturated heterocycles. The molecule has 0 aromatic heterocycles. The van der Waals surface area contributed by atoms with Crippen LogP contribution >= 0.6 is 0 Å². The van der Waals surface area contributed by atoms with Crippen molar-refractivity contribution in [1.82, 2.24) is 5.32 Å². The minimum absolute atomic E-state index is 0.116. The zero-order valence-electron chi connectivity index (χ0n) is 12.1. The Morgan fingerprint density at radius 1 is 1.35 bits per heavy atom. The highest BCUT2D eigenvalue weighted by molar-refractivity contribution is 5.32. The Morgan fingerprint density at radius 2 is 2.15 bits per heavy atom. The summed E-state index contributed by atoms with van der Waals surface area (Å²) in [5.74, 6) is 0.798. The van der Waals surface area contributed by atoms with Crippen LogP contribution in [0.25, 0.3) is 0 Å². The molecule has 3 nitrogen and oxygen atoms in total. The predicted molar refractivity (Wildman–Crippen MR) is 78.2 cm³/mol. The van der Waals surface area contributed by atoms with Crippen molar-refractivity contribution in [2.24, 2.45) is 5.92 Å². The van der Waals surface area contributed by atoms with Gasteiger partial charge in [0.1, 0.15) is 0 Å². The number of nitriles is 1. The number of benzene rings is 1. The van der Waals surface area contributed by atoms with Gasteiger partial charge >= 0.3 is 0 Å². The summed E-state index contributed by atoms with van der Waals surface area (Å²) in [6, 6.07) is 9.90. The molecular formula is C17H22N2O. The van der Waals surface area contributed by atoms with Gasteiger partial charge in [0.05, 0.1) is 24.3 Å². The van der Waals surface area contributed by atoms with Crippen LogP contribution in [0.5, 0.6) is 0 Å². The standard InChI is InChI=1S/C17H22N2O/c1-13-3-2-8-17(9-13)12-20-16(11-19-17)15-6-4-14(10-18)5-7-15/h4-7,13,16,19H,2-3,8-9,11-12H2,1H3. The molecule has 0 bridgehead atoms. The van der Waals surface area contributed by atoms with Crippen molar-refractivity contribution >= 4 is 0 Å². The van der Waals surface area contributed by atoms with E-state index in [2.05, 4.69) is 18.3 Å². The molecule has 1 aromatic rings. The first-order valence-electron chi connectivity index (χ1n) is 7.57.